The minimum atomic E-state index is -0.454. The summed E-state index contributed by atoms with van der Waals surface area (Å²) in [5.41, 5.74) is 1.12. The number of nitro benzene ring substituents is 1. The Balaban J connectivity index is 1.79. The highest BCUT2D eigenvalue weighted by atomic mass is 35.5. The second-order valence-electron chi connectivity index (χ2n) is 5.16. The SMILES string of the molecule is [C-]#[N+]/C(=C\c1ccc(Sc2ccc(Cl)cc2)s1)c1ccc([N+](=O)[O-])cc1. The second-order valence-corrected chi connectivity index (χ2v) is 8.08. The van der Waals surface area contributed by atoms with Crippen LogP contribution >= 0.6 is 34.7 Å². The normalized spacial score (nSPS) is 11.2. The third kappa shape index (κ3) is 4.52. The number of thiophene rings is 1. The van der Waals surface area contributed by atoms with Gasteiger partial charge in [-0.1, -0.05) is 35.5 Å². The first-order chi connectivity index (χ1) is 12.5. The molecule has 3 rings (SSSR count). The van der Waals surface area contributed by atoms with Crippen LogP contribution in [0.4, 0.5) is 5.69 Å². The van der Waals surface area contributed by atoms with Crippen molar-refractivity contribution in [1.82, 2.24) is 0 Å². The maximum atomic E-state index is 10.7. The van der Waals surface area contributed by atoms with Crippen molar-refractivity contribution in [2.75, 3.05) is 0 Å². The highest BCUT2D eigenvalue weighted by Gasteiger charge is 2.08. The minimum Gasteiger partial charge on any atom is -0.258 e. The smallest absolute Gasteiger partial charge is 0.258 e. The Labute approximate surface area is 163 Å². The molecule has 0 fully saturated rings. The number of non-ortho nitro benzene ring substituents is 1. The molecule has 0 amide bonds. The number of hydrogen-bond acceptors (Lipinski definition) is 4. The number of nitrogens with zero attached hydrogens (tertiary/aromatic N) is 2. The molecule has 0 N–H and O–H groups in total. The van der Waals surface area contributed by atoms with Crippen LogP contribution in [0.1, 0.15) is 10.4 Å². The Bertz CT molecular complexity index is 1000. The third-order valence-corrected chi connectivity index (χ3v) is 5.83. The molecule has 128 valence electrons. The molecule has 26 heavy (non-hydrogen) atoms. The van der Waals surface area contributed by atoms with E-state index in [0.717, 1.165) is 14.0 Å². The van der Waals surface area contributed by atoms with Crippen molar-refractivity contribution < 1.29 is 4.92 Å². The molecule has 7 heteroatoms. The Hall–Kier alpha value is -2.59. The first-order valence-electron chi connectivity index (χ1n) is 7.42. The number of rotatable bonds is 5. The van der Waals surface area contributed by atoms with Gasteiger partial charge in [0.25, 0.3) is 5.69 Å². The summed E-state index contributed by atoms with van der Waals surface area (Å²) in [5.74, 6) is 0. The zero-order valence-corrected chi connectivity index (χ0v) is 15.6. The molecule has 2 aromatic carbocycles. The summed E-state index contributed by atoms with van der Waals surface area (Å²) in [4.78, 5) is 15.9. The molecule has 0 saturated heterocycles. The molecule has 0 aliphatic carbocycles. The van der Waals surface area contributed by atoms with E-state index in [1.807, 2.05) is 36.4 Å². The summed E-state index contributed by atoms with van der Waals surface area (Å²) in [6, 6.07) is 17.6. The minimum absolute atomic E-state index is 0.0101. The molecule has 0 bridgehead atoms. The fourth-order valence-corrected chi connectivity index (χ4v) is 4.34. The number of nitro groups is 1. The van der Waals surface area contributed by atoms with Crippen LogP contribution in [-0.4, -0.2) is 4.92 Å². The van der Waals surface area contributed by atoms with E-state index in [0.29, 0.717) is 16.3 Å². The first-order valence-corrected chi connectivity index (χ1v) is 9.43. The van der Waals surface area contributed by atoms with E-state index in [9.17, 15) is 10.1 Å². The molecule has 0 saturated carbocycles. The van der Waals surface area contributed by atoms with Crippen molar-refractivity contribution in [3.63, 3.8) is 0 Å². The number of halogens is 1. The zero-order valence-electron chi connectivity index (χ0n) is 13.3. The van der Waals surface area contributed by atoms with Crippen molar-refractivity contribution in [3.05, 3.63) is 97.7 Å². The van der Waals surface area contributed by atoms with Crippen molar-refractivity contribution >= 4 is 52.2 Å². The van der Waals surface area contributed by atoms with Gasteiger partial charge < -0.3 is 0 Å². The molecule has 0 aliphatic heterocycles. The monoisotopic (exact) mass is 398 g/mol. The van der Waals surface area contributed by atoms with Crippen LogP contribution in [-0.2, 0) is 0 Å². The van der Waals surface area contributed by atoms with E-state index < -0.39 is 4.92 Å². The largest absolute Gasteiger partial charge is 0.269 e. The van der Waals surface area contributed by atoms with Gasteiger partial charge in [0.2, 0.25) is 0 Å². The molecule has 4 nitrogen and oxygen atoms in total. The molecular weight excluding hydrogens is 388 g/mol. The van der Waals surface area contributed by atoms with Crippen LogP contribution in [0.25, 0.3) is 16.6 Å². The fraction of sp³-hybridized carbons (Fsp3) is 0. The average Bonchev–Trinajstić information content (AvgIpc) is 3.09. The van der Waals surface area contributed by atoms with Crippen molar-refractivity contribution in [1.29, 1.82) is 0 Å². The lowest BCUT2D eigenvalue weighted by molar-refractivity contribution is -0.384. The van der Waals surface area contributed by atoms with Gasteiger partial charge in [-0.2, -0.15) is 0 Å². The summed E-state index contributed by atoms with van der Waals surface area (Å²) in [6.07, 6.45) is 1.80. The van der Waals surface area contributed by atoms with Gasteiger partial charge in [0.1, 0.15) is 0 Å². The number of hydrogen-bond donors (Lipinski definition) is 0. The van der Waals surface area contributed by atoms with Crippen molar-refractivity contribution in [2.24, 2.45) is 0 Å². The van der Waals surface area contributed by atoms with E-state index in [1.165, 1.54) is 12.1 Å². The molecule has 0 atom stereocenters. The summed E-state index contributed by atoms with van der Waals surface area (Å²) in [5, 5.41) is 11.4. The van der Waals surface area contributed by atoms with Gasteiger partial charge in [0.05, 0.1) is 15.7 Å². The van der Waals surface area contributed by atoms with Gasteiger partial charge in [-0.15, -0.1) is 11.3 Å². The Morgan fingerprint density at radius 1 is 1.12 bits per heavy atom. The first kappa shape index (κ1) is 18.2. The van der Waals surface area contributed by atoms with Gasteiger partial charge in [0, 0.05) is 26.9 Å². The molecule has 1 aromatic heterocycles. The van der Waals surface area contributed by atoms with Crippen LogP contribution in [0.2, 0.25) is 5.02 Å². The maximum absolute atomic E-state index is 10.7. The van der Waals surface area contributed by atoms with Gasteiger partial charge in [-0.25, -0.2) is 4.85 Å². The van der Waals surface area contributed by atoms with Gasteiger partial charge in [0.15, 0.2) is 5.70 Å². The lowest BCUT2D eigenvalue weighted by Gasteiger charge is -1.99. The van der Waals surface area contributed by atoms with Crippen LogP contribution in [0, 0.1) is 16.7 Å². The molecule has 0 aliphatic rings. The zero-order chi connectivity index (χ0) is 18.5. The molecule has 0 unspecified atom stereocenters. The third-order valence-electron chi connectivity index (χ3n) is 3.41. The standard InChI is InChI=1S/C19H11ClN2O2S2/c1-21-18(13-2-6-15(7-3-13)22(23)24)12-17-10-11-19(26-17)25-16-8-4-14(20)5-9-16/h2-12H/b18-12-. The van der Waals surface area contributed by atoms with E-state index >= 15 is 0 Å². The molecule has 1 heterocycles. The Kier molecular flexibility index (Phi) is 5.74. The summed E-state index contributed by atoms with van der Waals surface area (Å²) < 4.78 is 1.10. The van der Waals surface area contributed by atoms with Crippen LogP contribution < -0.4 is 0 Å². The lowest BCUT2D eigenvalue weighted by atomic mass is 10.1. The van der Waals surface area contributed by atoms with Crippen LogP contribution in [0.3, 0.4) is 0 Å². The van der Waals surface area contributed by atoms with E-state index in [2.05, 4.69) is 4.85 Å². The summed E-state index contributed by atoms with van der Waals surface area (Å²) in [6.45, 7) is 7.40. The highest BCUT2D eigenvalue weighted by Crippen LogP contribution is 2.35. The van der Waals surface area contributed by atoms with Gasteiger partial charge in [-0.3, -0.25) is 10.1 Å². The fourth-order valence-electron chi connectivity index (χ4n) is 2.15. The Morgan fingerprint density at radius 3 is 2.42 bits per heavy atom. The lowest BCUT2D eigenvalue weighted by Crippen LogP contribution is -1.87. The van der Waals surface area contributed by atoms with Crippen molar-refractivity contribution in [2.45, 2.75) is 9.10 Å². The van der Waals surface area contributed by atoms with Gasteiger partial charge >= 0.3 is 0 Å². The molecular formula is C19H11ClN2O2S2. The van der Waals surface area contributed by atoms with E-state index in [1.54, 1.807) is 41.3 Å². The predicted octanol–water partition coefficient (Wildman–Crippen LogP) is 6.88. The highest BCUT2D eigenvalue weighted by molar-refractivity contribution is 8.01. The molecule has 3 aromatic rings. The van der Waals surface area contributed by atoms with Gasteiger partial charge in [-0.05, 0) is 48.0 Å². The van der Waals surface area contributed by atoms with E-state index in [4.69, 9.17) is 18.2 Å². The van der Waals surface area contributed by atoms with Crippen molar-refractivity contribution in [3.8, 4) is 0 Å². The van der Waals surface area contributed by atoms with Crippen LogP contribution in [0.15, 0.2) is 69.8 Å². The molecule has 0 radical (unpaired) electrons. The second kappa shape index (κ2) is 8.19. The quantitative estimate of drug-likeness (QED) is 0.267. The predicted molar refractivity (Wildman–Crippen MR) is 107 cm³/mol. The Morgan fingerprint density at radius 2 is 1.81 bits per heavy atom. The molecule has 0 spiro atoms. The summed E-state index contributed by atoms with van der Waals surface area (Å²) >= 11 is 9.11. The number of benzene rings is 2. The van der Waals surface area contributed by atoms with Crippen LogP contribution in [0.5, 0.6) is 0 Å². The topological polar surface area (TPSA) is 47.5 Å². The summed E-state index contributed by atoms with van der Waals surface area (Å²) in [7, 11) is 0. The van der Waals surface area contributed by atoms with E-state index in [-0.39, 0.29) is 5.69 Å². The maximum Gasteiger partial charge on any atom is 0.269 e. The average molecular weight is 399 g/mol.